The van der Waals surface area contributed by atoms with Crippen LogP contribution < -0.4 is 0 Å². The number of esters is 1. The highest BCUT2D eigenvalue weighted by atomic mass is 16.6. The molecule has 0 rings (SSSR count). The van der Waals surface area contributed by atoms with E-state index in [1.807, 2.05) is 0 Å². The number of unbranched alkanes of at least 4 members (excludes halogenated alkanes) is 12. The van der Waals surface area contributed by atoms with Crippen molar-refractivity contribution in [3.8, 4) is 0 Å². The molecule has 5 heteroatoms. The van der Waals surface area contributed by atoms with Crippen molar-refractivity contribution in [3.63, 3.8) is 0 Å². The normalized spacial score (nSPS) is 12.4. The summed E-state index contributed by atoms with van der Waals surface area (Å²) in [6.07, 6.45) is 18.9. The highest BCUT2D eigenvalue weighted by Crippen LogP contribution is 2.11. The lowest BCUT2D eigenvalue weighted by Crippen LogP contribution is -2.37. The van der Waals surface area contributed by atoms with E-state index in [4.69, 9.17) is 14.2 Å². The molecule has 0 aromatic heterocycles. The van der Waals surface area contributed by atoms with Crippen molar-refractivity contribution < 1.29 is 19.0 Å². The summed E-state index contributed by atoms with van der Waals surface area (Å²) in [5.41, 5.74) is 0. The number of likely N-dealkylation sites (N-methyl/N-ethyl adjacent to an activating group) is 1. The van der Waals surface area contributed by atoms with Crippen LogP contribution in [0.25, 0.3) is 0 Å². The molecule has 0 spiro atoms. The van der Waals surface area contributed by atoms with Gasteiger partial charge in [0.25, 0.3) is 0 Å². The topological polar surface area (TPSA) is 48.0 Å². The van der Waals surface area contributed by atoms with Crippen LogP contribution in [0.1, 0.15) is 124 Å². The van der Waals surface area contributed by atoms with Gasteiger partial charge in [-0.2, -0.15) is 0 Å². The number of hydrogen-bond acceptors (Lipinski definition) is 5. The molecule has 0 N–H and O–H groups in total. The average Bonchev–Trinajstić information content (AvgIpc) is 2.79. The van der Waals surface area contributed by atoms with E-state index in [0.717, 1.165) is 58.3 Å². The first kappa shape index (κ1) is 32.4. The van der Waals surface area contributed by atoms with Gasteiger partial charge < -0.3 is 19.1 Å². The lowest BCUT2D eigenvalue weighted by Gasteiger charge is -2.24. The molecule has 0 aliphatic rings. The molecule has 0 aliphatic carbocycles. The van der Waals surface area contributed by atoms with E-state index in [-0.39, 0.29) is 12.1 Å². The second kappa shape index (κ2) is 26.0. The minimum atomic E-state index is -0.206. The van der Waals surface area contributed by atoms with Crippen LogP contribution in [0.5, 0.6) is 0 Å². The summed E-state index contributed by atoms with van der Waals surface area (Å²) in [6.45, 7) is 10.9. The summed E-state index contributed by atoms with van der Waals surface area (Å²) in [5, 5.41) is 0. The summed E-state index contributed by atoms with van der Waals surface area (Å²) >= 11 is 0. The van der Waals surface area contributed by atoms with Gasteiger partial charge in [0.1, 0.15) is 6.10 Å². The van der Waals surface area contributed by atoms with E-state index in [1.165, 1.54) is 57.8 Å². The van der Waals surface area contributed by atoms with Gasteiger partial charge in [-0.1, -0.05) is 97.8 Å². The first-order valence-electron chi connectivity index (χ1n) is 14.2. The smallest absolute Gasteiger partial charge is 0.306 e. The molecule has 0 aliphatic heterocycles. The van der Waals surface area contributed by atoms with Gasteiger partial charge >= 0.3 is 5.97 Å². The van der Waals surface area contributed by atoms with Crippen molar-refractivity contribution in [1.82, 2.24) is 4.90 Å². The molecule has 1 atom stereocenters. The second-order valence-corrected chi connectivity index (χ2v) is 9.55. The van der Waals surface area contributed by atoms with E-state index in [9.17, 15) is 4.79 Å². The van der Waals surface area contributed by atoms with Gasteiger partial charge in [0.2, 0.25) is 0 Å². The number of rotatable bonds is 26. The third-order valence-electron chi connectivity index (χ3n) is 6.00. The Hall–Kier alpha value is -0.650. The lowest BCUT2D eigenvalue weighted by molar-refractivity contribution is -0.153. The SMILES string of the molecule is CCCCCCCCCCCCOCC(CN(C)CCOCCCC)OC(=O)CCCCC. The van der Waals surface area contributed by atoms with Gasteiger partial charge in [-0.05, 0) is 26.3 Å². The molecule has 0 bridgehead atoms. The van der Waals surface area contributed by atoms with Crippen LogP contribution >= 0.6 is 0 Å². The maximum atomic E-state index is 12.2. The fourth-order valence-corrected chi connectivity index (χ4v) is 3.80. The zero-order valence-electron chi connectivity index (χ0n) is 22.7. The average molecular weight is 472 g/mol. The third-order valence-corrected chi connectivity index (χ3v) is 6.00. The van der Waals surface area contributed by atoms with Crippen LogP contribution in [0.3, 0.4) is 0 Å². The molecule has 5 nitrogen and oxygen atoms in total. The van der Waals surface area contributed by atoms with Gasteiger partial charge in [0.15, 0.2) is 0 Å². The molecule has 0 fully saturated rings. The van der Waals surface area contributed by atoms with Gasteiger partial charge in [0, 0.05) is 32.7 Å². The van der Waals surface area contributed by atoms with Crippen molar-refractivity contribution in [2.75, 3.05) is 46.6 Å². The second-order valence-electron chi connectivity index (χ2n) is 9.55. The fourth-order valence-electron chi connectivity index (χ4n) is 3.80. The number of carbonyl (C=O) groups excluding carboxylic acids is 1. The highest BCUT2D eigenvalue weighted by molar-refractivity contribution is 5.69. The van der Waals surface area contributed by atoms with Crippen LogP contribution in [-0.4, -0.2) is 63.5 Å². The van der Waals surface area contributed by atoms with Crippen LogP contribution in [0.4, 0.5) is 0 Å². The Morgan fingerprint density at radius 3 is 1.85 bits per heavy atom. The maximum absolute atomic E-state index is 12.2. The number of ether oxygens (including phenoxy) is 3. The Morgan fingerprint density at radius 2 is 1.21 bits per heavy atom. The van der Waals surface area contributed by atoms with Crippen molar-refractivity contribution in [2.24, 2.45) is 0 Å². The molecule has 1 unspecified atom stereocenters. The minimum Gasteiger partial charge on any atom is -0.459 e. The lowest BCUT2D eigenvalue weighted by atomic mass is 10.1. The predicted octanol–water partition coefficient (Wildman–Crippen LogP) is 7.16. The summed E-state index contributed by atoms with van der Waals surface area (Å²) < 4.78 is 17.4. The molecule has 0 saturated heterocycles. The van der Waals surface area contributed by atoms with Crippen LogP contribution in [-0.2, 0) is 19.0 Å². The Balaban J connectivity index is 4.03. The van der Waals surface area contributed by atoms with Gasteiger partial charge in [0.05, 0.1) is 13.2 Å². The molecular weight excluding hydrogens is 414 g/mol. The minimum absolute atomic E-state index is 0.0939. The van der Waals surface area contributed by atoms with Crippen molar-refractivity contribution in [1.29, 1.82) is 0 Å². The zero-order valence-corrected chi connectivity index (χ0v) is 22.7. The Kier molecular flexibility index (Phi) is 25.5. The quantitative estimate of drug-likeness (QED) is 0.0989. The Labute approximate surface area is 206 Å². The molecule has 33 heavy (non-hydrogen) atoms. The highest BCUT2D eigenvalue weighted by Gasteiger charge is 2.17. The molecule has 198 valence electrons. The summed E-state index contributed by atoms with van der Waals surface area (Å²) in [7, 11) is 2.06. The number of carbonyl (C=O) groups is 1. The molecular formula is C28H57NO4. The molecule has 0 amide bonds. The van der Waals surface area contributed by atoms with Gasteiger partial charge in [-0.3, -0.25) is 4.79 Å². The standard InChI is InChI=1S/C28H57NO4/c1-5-8-11-12-13-14-15-16-17-19-23-32-26-27(33-28(30)20-18-9-6-2)25-29(4)21-24-31-22-10-7-3/h27H,5-26H2,1-4H3. The summed E-state index contributed by atoms with van der Waals surface area (Å²) in [4.78, 5) is 14.4. The van der Waals surface area contributed by atoms with Crippen molar-refractivity contribution in [3.05, 3.63) is 0 Å². The molecule has 0 heterocycles. The molecule has 0 saturated carbocycles. The van der Waals surface area contributed by atoms with Crippen molar-refractivity contribution >= 4 is 5.97 Å². The van der Waals surface area contributed by atoms with Crippen LogP contribution in [0, 0.1) is 0 Å². The van der Waals surface area contributed by atoms with Crippen LogP contribution in [0.15, 0.2) is 0 Å². The third kappa shape index (κ3) is 24.3. The first-order valence-corrected chi connectivity index (χ1v) is 14.2. The first-order chi connectivity index (χ1) is 16.1. The van der Waals surface area contributed by atoms with Crippen LogP contribution in [0.2, 0.25) is 0 Å². The maximum Gasteiger partial charge on any atom is 0.306 e. The fraction of sp³-hybridized carbons (Fsp3) is 0.964. The molecule has 0 radical (unpaired) electrons. The van der Waals surface area contributed by atoms with E-state index in [1.54, 1.807) is 0 Å². The number of hydrogen-bond donors (Lipinski definition) is 0. The van der Waals surface area contributed by atoms with E-state index < -0.39 is 0 Å². The zero-order chi connectivity index (χ0) is 24.4. The molecule has 0 aromatic rings. The van der Waals surface area contributed by atoms with Crippen molar-refractivity contribution in [2.45, 2.75) is 130 Å². The Morgan fingerprint density at radius 1 is 0.667 bits per heavy atom. The monoisotopic (exact) mass is 471 g/mol. The van der Waals surface area contributed by atoms with E-state index in [2.05, 4.69) is 32.7 Å². The van der Waals surface area contributed by atoms with E-state index >= 15 is 0 Å². The predicted molar refractivity (Wildman–Crippen MR) is 140 cm³/mol. The van der Waals surface area contributed by atoms with Gasteiger partial charge in [-0.15, -0.1) is 0 Å². The molecule has 0 aromatic carbocycles. The largest absolute Gasteiger partial charge is 0.459 e. The summed E-state index contributed by atoms with van der Waals surface area (Å²) in [6, 6.07) is 0. The number of nitrogens with zero attached hydrogens (tertiary/aromatic N) is 1. The Bertz CT molecular complexity index is 405. The van der Waals surface area contributed by atoms with Gasteiger partial charge in [-0.25, -0.2) is 0 Å². The summed E-state index contributed by atoms with van der Waals surface area (Å²) in [5.74, 6) is -0.0939. The van der Waals surface area contributed by atoms with E-state index in [0.29, 0.717) is 26.2 Å².